The molecule has 106 valence electrons. The number of anilines is 1. The van der Waals surface area contributed by atoms with Crippen LogP contribution in [-0.4, -0.2) is 22.4 Å². The Morgan fingerprint density at radius 2 is 2.10 bits per heavy atom. The van der Waals surface area contributed by atoms with Crippen molar-refractivity contribution >= 4 is 11.7 Å². The molecule has 2 N–H and O–H groups in total. The molecule has 0 radical (unpaired) electrons. The van der Waals surface area contributed by atoms with Gasteiger partial charge in [0.25, 0.3) is 0 Å². The fraction of sp³-hybridized carbons (Fsp3) is 0.333. The van der Waals surface area contributed by atoms with Gasteiger partial charge in [-0.05, 0) is 44.5 Å². The van der Waals surface area contributed by atoms with Crippen LogP contribution in [0.5, 0.6) is 0 Å². The molecular weight excluding hydrogens is 252 g/mol. The van der Waals surface area contributed by atoms with Crippen LogP contribution in [0.1, 0.15) is 24.7 Å². The van der Waals surface area contributed by atoms with Gasteiger partial charge in [-0.25, -0.2) is 9.48 Å². The topological polar surface area (TPSA) is 59.0 Å². The molecule has 1 heterocycles. The van der Waals surface area contributed by atoms with Crippen molar-refractivity contribution in [1.82, 2.24) is 15.1 Å². The van der Waals surface area contributed by atoms with E-state index in [1.54, 1.807) is 0 Å². The number of carbonyl (C=O) groups excluding carboxylic acids is 1. The van der Waals surface area contributed by atoms with Gasteiger partial charge in [0.2, 0.25) is 0 Å². The molecule has 2 aromatic rings. The van der Waals surface area contributed by atoms with Crippen LogP contribution in [0.2, 0.25) is 0 Å². The Bertz CT molecular complexity index is 604. The van der Waals surface area contributed by atoms with Crippen LogP contribution >= 0.6 is 0 Å². The second kappa shape index (κ2) is 6.23. The molecule has 1 aromatic heterocycles. The molecule has 2 rings (SSSR count). The number of aromatic nitrogens is 2. The van der Waals surface area contributed by atoms with Crippen molar-refractivity contribution < 1.29 is 4.79 Å². The summed E-state index contributed by atoms with van der Waals surface area (Å²) in [5.74, 6) is 0. The molecule has 0 aliphatic carbocycles. The third-order valence-electron chi connectivity index (χ3n) is 2.89. The van der Waals surface area contributed by atoms with Crippen molar-refractivity contribution in [3.05, 3.63) is 41.7 Å². The highest BCUT2D eigenvalue weighted by Gasteiger charge is 2.06. The van der Waals surface area contributed by atoms with Crippen LogP contribution in [0.15, 0.2) is 30.3 Å². The monoisotopic (exact) mass is 272 g/mol. The summed E-state index contributed by atoms with van der Waals surface area (Å²) in [7, 11) is 0. The lowest BCUT2D eigenvalue weighted by atomic mass is 10.2. The minimum absolute atomic E-state index is 0.183. The SMILES string of the molecule is CCCNC(=O)Nc1cccc(-n2nc(C)cc2C)c1. The van der Waals surface area contributed by atoms with Gasteiger partial charge in [0.1, 0.15) is 0 Å². The van der Waals surface area contributed by atoms with Crippen LogP contribution in [0.3, 0.4) is 0 Å². The number of benzene rings is 1. The highest BCUT2D eigenvalue weighted by atomic mass is 16.2. The normalized spacial score (nSPS) is 10.3. The Kier molecular flexibility index (Phi) is 4.40. The van der Waals surface area contributed by atoms with Crippen molar-refractivity contribution in [2.75, 3.05) is 11.9 Å². The number of urea groups is 1. The van der Waals surface area contributed by atoms with Gasteiger partial charge in [-0.1, -0.05) is 13.0 Å². The van der Waals surface area contributed by atoms with Gasteiger partial charge in [0.15, 0.2) is 0 Å². The van der Waals surface area contributed by atoms with Crippen LogP contribution in [0.25, 0.3) is 5.69 Å². The zero-order valence-corrected chi connectivity index (χ0v) is 12.1. The van der Waals surface area contributed by atoms with E-state index in [1.165, 1.54) is 0 Å². The first-order valence-corrected chi connectivity index (χ1v) is 6.78. The Morgan fingerprint density at radius 1 is 1.30 bits per heavy atom. The summed E-state index contributed by atoms with van der Waals surface area (Å²) < 4.78 is 1.87. The molecule has 0 bridgehead atoms. The number of aryl methyl sites for hydroxylation is 2. The average Bonchev–Trinajstić information content (AvgIpc) is 2.76. The van der Waals surface area contributed by atoms with E-state index in [2.05, 4.69) is 15.7 Å². The summed E-state index contributed by atoms with van der Waals surface area (Å²) in [4.78, 5) is 11.6. The van der Waals surface area contributed by atoms with E-state index in [0.29, 0.717) is 6.54 Å². The van der Waals surface area contributed by atoms with E-state index in [-0.39, 0.29) is 6.03 Å². The molecule has 1 aromatic carbocycles. The van der Waals surface area contributed by atoms with Crippen LogP contribution < -0.4 is 10.6 Å². The number of nitrogens with zero attached hydrogens (tertiary/aromatic N) is 2. The molecule has 0 saturated carbocycles. The summed E-state index contributed by atoms with van der Waals surface area (Å²) in [5.41, 5.74) is 3.73. The zero-order chi connectivity index (χ0) is 14.5. The third-order valence-corrected chi connectivity index (χ3v) is 2.89. The van der Waals surface area contributed by atoms with Crippen molar-refractivity contribution in [2.45, 2.75) is 27.2 Å². The summed E-state index contributed by atoms with van der Waals surface area (Å²) in [6.45, 7) is 6.66. The smallest absolute Gasteiger partial charge is 0.319 e. The molecule has 5 heteroatoms. The van der Waals surface area contributed by atoms with Crippen molar-refractivity contribution in [3.8, 4) is 5.69 Å². The molecule has 0 fully saturated rings. The fourth-order valence-electron chi connectivity index (χ4n) is 2.02. The molecule has 0 aliphatic rings. The molecule has 20 heavy (non-hydrogen) atoms. The summed E-state index contributed by atoms with van der Waals surface area (Å²) in [6.07, 6.45) is 0.916. The average molecular weight is 272 g/mol. The van der Waals surface area contributed by atoms with E-state index >= 15 is 0 Å². The maximum Gasteiger partial charge on any atom is 0.319 e. The number of nitrogens with one attached hydrogen (secondary N) is 2. The Morgan fingerprint density at radius 3 is 2.75 bits per heavy atom. The molecule has 0 unspecified atom stereocenters. The molecule has 0 saturated heterocycles. The predicted octanol–water partition coefficient (Wildman–Crippen LogP) is 3.02. The van der Waals surface area contributed by atoms with Crippen molar-refractivity contribution in [2.24, 2.45) is 0 Å². The fourth-order valence-corrected chi connectivity index (χ4v) is 2.02. The zero-order valence-electron chi connectivity index (χ0n) is 12.1. The standard InChI is InChI=1S/C15H20N4O/c1-4-8-16-15(20)17-13-6-5-7-14(10-13)19-12(3)9-11(2)18-19/h5-7,9-10H,4,8H2,1-3H3,(H2,16,17,20). The molecule has 0 aliphatic heterocycles. The lowest BCUT2D eigenvalue weighted by molar-refractivity contribution is 0.252. The van der Waals surface area contributed by atoms with Gasteiger partial charge >= 0.3 is 6.03 Å². The number of rotatable bonds is 4. The van der Waals surface area contributed by atoms with E-state index in [4.69, 9.17) is 0 Å². The quantitative estimate of drug-likeness (QED) is 0.898. The highest BCUT2D eigenvalue weighted by molar-refractivity contribution is 5.89. The molecule has 0 spiro atoms. The van der Waals surface area contributed by atoms with E-state index in [9.17, 15) is 4.79 Å². The number of carbonyl (C=O) groups is 1. The predicted molar refractivity (Wildman–Crippen MR) is 80.4 cm³/mol. The van der Waals surface area contributed by atoms with Gasteiger partial charge in [0.05, 0.1) is 11.4 Å². The molecule has 0 atom stereocenters. The van der Waals surface area contributed by atoms with Crippen LogP contribution in [-0.2, 0) is 0 Å². The Hall–Kier alpha value is -2.30. The second-order valence-corrected chi connectivity index (χ2v) is 4.77. The lowest BCUT2D eigenvalue weighted by Gasteiger charge is -2.09. The number of hydrogen-bond acceptors (Lipinski definition) is 2. The summed E-state index contributed by atoms with van der Waals surface area (Å²) in [5, 5.41) is 10.0. The van der Waals surface area contributed by atoms with E-state index in [0.717, 1.165) is 29.2 Å². The van der Waals surface area contributed by atoms with Gasteiger partial charge in [0, 0.05) is 17.9 Å². The van der Waals surface area contributed by atoms with Crippen LogP contribution in [0, 0.1) is 13.8 Å². The number of amides is 2. The van der Waals surface area contributed by atoms with E-state index < -0.39 is 0 Å². The molecular formula is C15H20N4O. The maximum absolute atomic E-state index is 11.6. The Labute approximate surface area is 119 Å². The second-order valence-electron chi connectivity index (χ2n) is 4.77. The first-order chi connectivity index (χ1) is 9.60. The summed E-state index contributed by atoms with van der Waals surface area (Å²) >= 11 is 0. The first-order valence-electron chi connectivity index (χ1n) is 6.78. The van der Waals surface area contributed by atoms with Gasteiger partial charge in [-0.2, -0.15) is 5.10 Å². The highest BCUT2D eigenvalue weighted by Crippen LogP contribution is 2.16. The van der Waals surface area contributed by atoms with Gasteiger partial charge in [-0.15, -0.1) is 0 Å². The molecule has 5 nitrogen and oxygen atoms in total. The Balaban J connectivity index is 2.16. The van der Waals surface area contributed by atoms with E-state index in [1.807, 2.05) is 55.8 Å². The van der Waals surface area contributed by atoms with Crippen LogP contribution in [0.4, 0.5) is 10.5 Å². The number of hydrogen-bond donors (Lipinski definition) is 2. The minimum Gasteiger partial charge on any atom is -0.338 e. The van der Waals surface area contributed by atoms with Gasteiger partial charge < -0.3 is 10.6 Å². The summed E-state index contributed by atoms with van der Waals surface area (Å²) in [6, 6.07) is 9.48. The maximum atomic E-state index is 11.6. The lowest BCUT2D eigenvalue weighted by Crippen LogP contribution is -2.29. The van der Waals surface area contributed by atoms with Gasteiger partial charge in [-0.3, -0.25) is 0 Å². The first kappa shape index (κ1) is 14.1. The van der Waals surface area contributed by atoms with Crippen molar-refractivity contribution in [3.63, 3.8) is 0 Å². The molecule has 2 amide bonds. The van der Waals surface area contributed by atoms with Crippen molar-refractivity contribution in [1.29, 1.82) is 0 Å². The third kappa shape index (κ3) is 3.38. The largest absolute Gasteiger partial charge is 0.338 e. The minimum atomic E-state index is -0.183.